The van der Waals surface area contributed by atoms with E-state index >= 15 is 0 Å². The molecular formula is C19H26FN3O2. The van der Waals surface area contributed by atoms with E-state index in [9.17, 15) is 14.0 Å². The minimum atomic E-state index is -0.577. The van der Waals surface area contributed by atoms with Crippen LogP contribution in [-0.4, -0.2) is 46.8 Å². The van der Waals surface area contributed by atoms with E-state index in [1.165, 1.54) is 12.1 Å². The van der Waals surface area contributed by atoms with Gasteiger partial charge in [0.1, 0.15) is 11.9 Å². The molecule has 2 heterocycles. The minimum absolute atomic E-state index is 0.126. The number of benzene rings is 1. The van der Waals surface area contributed by atoms with Crippen LogP contribution in [0.3, 0.4) is 0 Å². The summed E-state index contributed by atoms with van der Waals surface area (Å²) in [6.45, 7) is 3.44. The summed E-state index contributed by atoms with van der Waals surface area (Å²) < 4.78 is 13.3. The third-order valence-corrected chi connectivity index (χ3v) is 5.50. The molecule has 2 aliphatic rings. The average molecular weight is 347 g/mol. The lowest BCUT2D eigenvalue weighted by Gasteiger charge is -2.38. The molecule has 25 heavy (non-hydrogen) atoms. The molecular weight excluding hydrogens is 321 g/mol. The number of carbonyl (C=O) groups excluding carboxylic acids is 2. The summed E-state index contributed by atoms with van der Waals surface area (Å²) in [7, 11) is 0. The van der Waals surface area contributed by atoms with Gasteiger partial charge < -0.3 is 10.6 Å². The normalized spacial score (nSPS) is 25.3. The molecule has 2 fully saturated rings. The van der Waals surface area contributed by atoms with Crippen molar-refractivity contribution >= 4 is 11.8 Å². The smallest absolute Gasteiger partial charge is 0.239 e. The van der Waals surface area contributed by atoms with E-state index < -0.39 is 11.9 Å². The van der Waals surface area contributed by atoms with Crippen LogP contribution < -0.4 is 5.73 Å². The zero-order chi connectivity index (χ0) is 18.0. The third-order valence-electron chi connectivity index (χ3n) is 5.50. The third kappa shape index (κ3) is 3.54. The van der Waals surface area contributed by atoms with Crippen molar-refractivity contribution in [3.63, 3.8) is 0 Å². The van der Waals surface area contributed by atoms with Crippen molar-refractivity contribution in [1.82, 2.24) is 9.80 Å². The van der Waals surface area contributed by atoms with Gasteiger partial charge in [-0.15, -0.1) is 0 Å². The summed E-state index contributed by atoms with van der Waals surface area (Å²) >= 11 is 0. The highest BCUT2D eigenvalue weighted by Gasteiger charge is 2.43. The van der Waals surface area contributed by atoms with Gasteiger partial charge in [-0.1, -0.05) is 19.1 Å². The molecule has 0 aromatic heterocycles. The van der Waals surface area contributed by atoms with Crippen LogP contribution >= 0.6 is 0 Å². The Labute approximate surface area is 148 Å². The second-order valence-corrected chi connectivity index (χ2v) is 6.95. The maximum atomic E-state index is 13.3. The van der Waals surface area contributed by atoms with Crippen molar-refractivity contribution < 1.29 is 14.0 Å². The monoisotopic (exact) mass is 347 g/mol. The van der Waals surface area contributed by atoms with E-state index in [1.807, 2.05) is 11.8 Å². The van der Waals surface area contributed by atoms with Gasteiger partial charge in [0.2, 0.25) is 11.8 Å². The van der Waals surface area contributed by atoms with Gasteiger partial charge in [-0.05, 0) is 49.9 Å². The van der Waals surface area contributed by atoms with Crippen molar-refractivity contribution in [3.05, 3.63) is 35.6 Å². The van der Waals surface area contributed by atoms with Gasteiger partial charge >= 0.3 is 0 Å². The Hall–Kier alpha value is -1.95. The molecule has 1 aromatic carbocycles. The predicted molar refractivity (Wildman–Crippen MR) is 93.1 cm³/mol. The highest BCUT2D eigenvalue weighted by atomic mass is 19.1. The van der Waals surface area contributed by atoms with Crippen LogP contribution in [0.1, 0.15) is 50.6 Å². The van der Waals surface area contributed by atoms with Gasteiger partial charge in [0.25, 0.3) is 0 Å². The van der Waals surface area contributed by atoms with Crippen LogP contribution in [0.2, 0.25) is 0 Å². The molecule has 6 heteroatoms. The van der Waals surface area contributed by atoms with E-state index in [0.717, 1.165) is 38.8 Å². The fourth-order valence-corrected chi connectivity index (χ4v) is 4.42. The maximum Gasteiger partial charge on any atom is 0.239 e. The number of nitrogens with zero attached hydrogens (tertiary/aromatic N) is 2. The first-order chi connectivity index (χ1) is 12.0. The van der Waals surface area contributed by atoms with Gasteiger partial charge in [-0.25, -0.2) is 4.39 Å². The van der Waals surface area contributed by atoms with Gasteiger partial charge in [0, 0.05) is 25.0 Å². The molecule has 136 valence electrons. The summed E-state index contributed by atoms with van der Waals surface area (Å²) in [4.78, 5) is 28.6. The first-order valence-corrected chi connectivity index (χ1v) is 9.13. The molecule has 0 radical (unpaired) electrons. The largest absolute Gasteiger partial charge is 0.368 e. The zero-order valence-electron chi connectivity index (χ0n) is 14.7. The van der Waals surface area contributed by atoms with Gasteiger partial charge in [0.15, 0.2) is 0 Å². The molecule has 0 spiro atoms. The number of primary amides is 1. The van der Waals surface area contributed by atoms with Crippen molar-refractivity contribution in [2.75, 3.05) is 13.1 Å². The minimum Gasteiger partial charge on any atom is -0.368 e. The second kappa shape index (κ2) is 7.52. The number of nitrogens with two attached hydrogens (primary N) is 1. The lowest BCUT2D eigenvalue weighted by Crippen LogP contribution is -2.51. The number of rotatable bonds is 5. The Kier molecular flexibility index (Phi) is 5.37. The van der Waals surface area contributed by atoms with E-state index in [1.54, 1.807) is 12.1 Å². The molecule has 2 amide bonds. The van der Waals surface area contributed by atoms with E-state index in [-0.39, 0.29) is 23.8 Å². The molecule has 0 aliphatic carbocycles. The first kappa shape index (κ1) is 17.9. The summed E-state index contributed by atoms with van der Waals surface area (Å²) in [6.07, 6.45) is 4.38. The van der Waals surface area contributed by atoms with Gasteiger partial charge in [-0.2, -0.15) is 0 Å². The van der Waals surface area contributed by atoms with E-state index in [0.29, 0.717) is 12.0 Å². The second-order valence-electron chi connectivity index (χ2n) is 6.95. The van der Waals surface area contributed by atoms with Gasteiger partial charge in [-0.3, -0.25) is 14.5 Å². The molecule has 0 unspecified atom stereocenters. The van der Waals surface area contributed by atoms with Gasteiger partial charge in [0.05, 0.1) is 0 Å². The highest BCUT2D eigenvalue weighted by Crippen LogP contribution is 2.36. The Morgan fingerprint density at radius 2 is 1.80 bits per heavy atom. The Bertz CT molecular complexity index is 634. The average Bonchev–Trinajstić information content (AvgIpc) is 3.24. The Balaban J connectivity index is 1.87. The summed E-state index contributed by atoms with van der Waals surface area (Å²) in [5, 5.41) is 0. The van der Waals surface area contributed by atoms with Crippen molar-refractivity contribution in [2.45, 2.75) is 57.2 Å². The van der Waals surface area contributed by atoms with Crippen molar-refractivity contribution in [3.8, 4) is 0 Å². The quantitative estimate of drug-likeness (QED) is 0.888. The van der Waals surface area contributed by atoms with E-state index in [2.05, 4.69) is 4.90 Å². The van der Waals surface area contributed by atoms with Crippen LogP contribution in [0.5, 0.6) is 0 Å². The Morgan fingerprint density at radius 1 is 1.16 bits per heavy atom. The number of carbonyl (C=O) groups is 2. The number of hydrogen-bond donors (Lipinski definition) is 1. The Morgan fingerprint density at radius 3 is 2.44 bits per heavy atom. The van der Waals surface area contributed by atoms with Crippen LogP contribution in [0.25, 0.3) is 0 Å². The first-order valence-electron chi connectivity index (χ1n) is 9.13. The molecule has 5 nitrogen and oxygen atoms in total. The lowest BCUT2D eigenvalue weighted by atomic mass is 9.98. The molecule has 3 atom stereocenters. The fourth-order valence-electron chi connectivity index (χ4n) is 4.42. The lowest BCUT2D eigenvalue weighted by molar-refractivity contribution is -0.133. The number of halogens is 1. The van der Waals surface area contributed by atoms with Crippen molar-refractivity contribution in [1.29, 1.82) is 0 Å². The zero-order valence-corrected chi connectivity index (χ0v) is 14.7. The molecule has 1 aromatic rings. The molecule has 0 saturated carbocycles. The maximum absolute atomic E-state index is 13.3. The molecule has 2 aliphatic heterocycles. The van der Waals surface area contributed by atoms with Crippen molar-refractivity contribution in [2.24, 2.45) is 5.73 Å². The molecule has 2 saturated heterocycles. The predicted octanol–water partition coefficient (Wildman–Crippen LogP) is 2.22. The highest BCUT2D eigenvalue weighted by molar-refractivity contribution is 5.81. The van der Waals surface area contributed by atoms with E-state index in [4.69, 9.17) is 5.73 Å². The molecule has 2 N–H and O–H groups in total. The van der Waals surface area contributed by atoms with Crippen LogP contribution in [0.4, 0.5) is 4.39 Å². The number of amides is 2. The number of likely N-dealkylation sites (tertiary alicyclic amines) is 2. The number of hydrogen-bond acceptors (Lipinski definition) is 3. The van der Waals surface area contributed by atoms with Crippen LogP contribution in [0.15, 0.2) is 24.3 Å². The molecule has 0 bridgehead atoms. The fraction of sp³-hybridized carbons (Fsp3) is 0.579. The summed E-state index contributed by atoms with van der Waals surface area (Å²) in [5.74, 6) is -0.586. The summed E-state index contributed by atoms with van der Waals surface area (Å²) in [6, 6.07) is 5.66. The van der Waals surface area contributed by atoms with Crippen LogP contribution in [-0.2, 0) is 9.59 Å². The van der Waals surface area contributed by atoms with Crippen LogP contribution in [0, 0.1) is 5.82 Å². The summed E-state index contributed by atoms with van der Waals surface area (Å²) in [5.41, 5.74) is 6.43. The molecule has 3 rings (SSSR count). The SMILES string of the molecule is CCC(=O)N1CCC[C@@H]1[C@H]1CCCN1[C@@H](C(N)=O)c1ccc(F)cc1. The standard InChI is InChI=1S/C19H26FN3O2/c1-2-17(24)22-11-3-5-15(22)16-6-4-12-23(16)18(19(21)25)13-7-9-14(20)10-8-13/h7-10,15-16,18H,2-6,11-12H2,1H3,(H2,21,25)/t15-,16-,18-/m1/s1. The topological polar surface area (TPSA) is 66.6 Å².